The van der Waals surface area contributed by atoms with Crippen LogP contribution in [0, 0.1) is 11.7 Å². The number of carbonyl (C=O) groups is 1. The molecular weight excluding hydrogens is 321 g/mol. The van der Waals surface area contributed by atoms with Crippen LogP contribution in [0.1, 0.15) is 36.5 Å². The van der Waals surface area contributed by atoms with Crippen molar-refractivity contribution in [2.24, 2.45) is 5.92 Å². The molecule has 0 radical (unpaired) electrons. The van der Waals surface area contributed by atoms with Crippen molar-refractivity contribution in [1.82, 2.24) is 4.72 Å². The van der Waals surface area contributed by atoms with Gasteiger partial charge in [-0.05, 0) is 30.9 Å². The minimum atomic E-state index is -4.16. The molecule has 5 nitrogen and oxygen atoms in total. The minimum Gasteiger partial charge on any atom is -0.478 e. The van der Waals surface area contributed by atoms with E-state index in [1.54, 1.807) is 0 Å². The second kappa shape index (κ2) is 5.90. The Morgan fingerprint density at radius 2 is 2.10 bits per heavy atom. The maximum atomic E-state index is 14.1. The Kier molecular flexibility index (Phi) is 4.55. The SMILES string of the molecule is CC1CCCC1NS(=O)(=O)c1cc(Cl)cc(C(=O)O)c1F. The molecule has 0 aliphatic heterocycles. The highest BCUT2D eigenvalue weighted by Gasteiger charge is 2.31. The van der Waals surface area contributed by atoms with Crippen molar-refractivity contribution >= 4 is 27.6 Å². The molecule has 8 heteroatoms. The van der Waals surface area contributed by atoms with Crippen molar-refractivity contribution in [2.45, 2.75) is 37.1 Å². The normalized spacial score (nSPS) is 22.4. The molecule has 1 aromatic rings. The Bertz CT molecular complexity index is 677. The molecule has 1 saturated carbocycles. The lowest BCUT2D eigenvalue weighted by Gasteiger charge is -2.18. The molecule has 2 N–H and O–H groups in total. The summed E-state index contributed by atoms with van der Waals surface area (Å²) in [7, 11) is -4.16. The number of halogens is 2. The van der Waals surface area contributed by atoms with E-state index >= 15 is 0 Å². The highest BCUT2D eigenvalue weighted by molar-refractivity contribution is 7.89. The zero-order valence-corrected chi connectivity index (χ0v) is 12.8. The van der Waals surface area contributed by atoms with E-state index in [1.807, 2.05) is 6.92 Å². The van der Waals surface area contributed by atoms with Gasteiger partial charge in [0, 0.05) is 11.1 Å². The molecule has 2 rings (SSSR count). The summed E-state index contributed by atoms with van der Waals surface area (Å²) in [6.45, 7) is 1.91. The Morgan fingerprint density at radius 3 is 2.62 bits per heavy atom. The van der Waals surface area contributed by atoms with Gasteiger partial charge in [-0.1, -0.05) is 24.9 Å². The zero-order valence-electron chi connectivity index (χ0n) is 11.3. The van der Waals surface area contributed by atoms with Crippen LogP contribution in [0.3, 0.4) is 0 Å². The van der Waals surface area contributed by atoms with Gasteiger partial charge in [-0.25, -0.2) is 22.3 Å². The van der Waals surface area contributed by atoms with Crippen LogP contribution in [0.5, 0.6) is 0 Å². The number of nitrogens with one attached hydrogen (secondary N) is 1. The summed E-state index contributed by atoms with van der Waals surface area (Å²) in [5.74, 6) is -2.72. The fraction of sp³-hybridized carbons (Fsp3) is 0.462. The van der Waals surface area contributed by atoms with Crippen LogP contribution in [0.25, 0.3) is 0 Å². The average molecular weight is 336 g/mol. The molecule has 21 heavy (non-hydrogen) atoms. The molecule has 1 aromatic carbocycles. The maximum absolute atomic E-state index is 14.1. The van der Waals surface area contributed by atoms with Crippen molar-refractivity contribution in [1.29, 1.82) is 0 Å². The molecule has 1 aliphatic carbocycles. The summed E-state index contributed by atoms with van der Waals surface area (Å²) in [5, 5.41) is 8.75. The average Bonchev–Trinajstić information content (AvgIpc) is 2.76. The standard InChI is InChI=1S/C13H15ClFNO4S/c1-7-3-2-4-10(7)16-21(19,20)11-6-8(14)5-9(12(11)15)13(17)18/h5-7,10,16H,2-4H2,1H3,(H,17,18). The van der Waals surface area contributed by atoms with Crippen LogP contribution in [-0.2, 0) is 10.0 Å². The van der Waals surface area contributed by atoms with Gasteiger partial charge in [0.25, 0.3) is 0 Å². The summed E-state index contributed by atoms with van der Waals surface area (Å²) >= 11 is 5.70. The number of rotatable bonds is 4. The summed E-state index contributed by atoms with van der Waals surface area (Å²) in [6.07, 6.45) is 2.46. The first kappa shape index (κ1) is 16.2. The fourth-order valence-electron chi connectivity index (χ4n) is 2.50. The Labute approximate surface area is 127 Å². The Balaban J connectivity index is 2.42. The van der Waals surface area contributed by atoms with Gasteiger partial charge < -0.3 is 5.11 Å². The maximum Gasteiger partial charge on any atom is 0.338 e. The smallest absolute Gasteiger partial charge is 0.338 e. The molecule has 2 atom stereocenters. The van der Waals surface area contributed by atoms with Crippen LogP contribution < -0.4 is 4.72 Å². The first-order valence-electron chi connectivity index (χ1n) is 6.47. The largest absolute Gasteiger partial charge is 0.478 e. The van der Waals surface area contributed by atoms with Gasteiger partial charge in [0.05, 0.1) is 5.56 Å². The number of carboxylic acid groups (broad SMARTS) is 1. The highest BCUT2D eigenvalue weighted by atomic mass is 35.5. The van der Waals surface area contributed by atoms with Gasteiger partial charge in [0.2, 0.25) is 10.0 Å². The van der Waals surface area contributed by atoms with Crippen molar-refractivity contribution < 1.29 is 22.7 Å². The number of carboxylic acids is 1. The number of hydrogen-bond acceptors (Lipinski definition) is 3. The monoisotopic (exact) mass is 335 g/mol. The van der Waals surface area contributed by atoms with Crippen molar-refractivity contribution in [3.63, 3.8) is 0 Å². The third kappa shape index (κ3) is 3.36. The van der Waals surface area contributed by atoms with Gasteiger partial charge in [-0.3, -0.25) is 0 Å². The van der Waals surface area contributed by atoms with Crippen LogP contribution >= 0.6 is 11.6 Å². The lowest BCUT2D eigenvalue weighted by Crippen LogP contribution is -2.37. The van der Waals surface area contributed by atoms with E-state index in [2.05, 4.69) is 4.72 Å². The van der Waals surface area contributed by atoms with E-state index in [4.69, 9.17) is 16.7 Å². The number of sulfonamides is 1. The molecule has 1 fully saturated rings. The van der Waals surface area contributed by atoms with E-state index in [0.717, 1.165) is 25.0 Å². The van der Waals surface area contributed by atoms with Gasteiger partial charge >= 0.3 is 5.97 Å². The van der Waals surface area contributed by atoms with E-state index in [0.29, 0.717) is 6.42 Å². The molecular formula is C13H15ClFNO4S. The van der Waals surface area contributed by atoms with Gasteiger partial charge in [0.1, 0.15) is 4.90 Å². The topological polar surface area (TPSA) is 83.5 Å². The van der Waals surface area contributed by atoms with Gasteiger partial charge in [-0.15, -0.1) is 0 Å². The third-order valence-corrected chi connectivity index (χ3v) is 5.40. The Hall–Kier alpha value is -1.18. The molecule has 0 bridgehead atoms. The summed E-state index contributed by atoms with van der Waals surface area (Å²) < 4.78 is 41.1. The predicted octanol–water partition coefficient (Wildman–Crippen LogP) is 2.64. The minimum absolute atomic E-state index is 0.145. The quantitative estimate of drug-likeness (QED) is 0.886. The molecule has 1 aliphatic rings. The lowest BCUT2D eigenvalue weighted by atomic mass is 10.1. The van der Waals surface area contributed by atoms with E-state index < -0.39 is 32.3 Å². The van der Waals surface area contributed by atoms with Gasteiger partial charge in [0.15, 0.2) is 5.82 Å². The number of aromatic carboxylic acids is 1. The van der Waals surface area contributed by atoms with Crippen LogP contribution in [0.4, 0.5) is 4.39 Å². The van der Waals surface area contributed by atoms with Crippen LogP contribution in [-0.4, -0.2) is 25.5 Å². The second-order valence-electron chi connectivity index (χ2n) is 5.21. The molecule has 116 valence electrons. The highest BCUT2D eigenvalue weighted by Crippen LogP contribution is 2.28. The molecule has 0 heterocycles. The first-order chi connectivity index (χ1) is 9.72. The third-order valence-electron chi connectivity index (χ3n) is 3.69. The summed E-state index contributed by atoms with van der Waals surface area (Å²) in [5.41, 5.74) is -0.762. The summed E-state index contributed by atoms with van der Waals surface area (Å²) in [4.78, 5) is 10.2. The lowest BCUT2D eigenvalue weighted by molar-refractivity contribution is 0.0691. The second-order valence-corrected chi connectivity index (χ2v) is 7.33. The molecule has 0 spiro atoms. The molecule has 2 unspecified atom stereocenters. The van der Waals surface area contributed by atoms with E-state index in [9.17, 15) is 17.6 Å². The van der Waals surface area contributed by atoms with E-state index in [1.165, 1.54) is 0 Å². The van der Waals surface area contributed by atoms with Crippen LogP contribution in [0.2, 0.25) is 5.02 Å². The van der Waals surface area contributed by atoms with Crippen molar-refractivity contribution in [2.75, 3.05) is 0 Å². The fourth-order valence-corrected chi connectivity index (χ4v) is 4.29. The van der Waals surface area contributed by atoms with Crippen molar-refractivity contribution in [3.8, 4) is 0 Å². The Morgan fingerprint density at radius 1 is 1.43 bits per heavy atom. The number of benzene rings is 1. The van der Waals surface area contributed by atoms with Crippen LogP contribution in [0.15, 0.2) is 17.0 Å². The number of hydrogen-bond donors (Lipinski definition) is 2. The van der Waals surface area contributed by atoms with Crippen molar-refractivity contribution in [3.05, 3.63) is 28.5 Å². The first-order valence-corrected chi connectivity index (χ1v) is 8.33. The van der Waals surface area contributed by atoms with Gasteiger partial charge in [-0.2, -0.15) is 0 Å². The molecule has 0 amide bonds. The predicted molar refractivity (Wildman–Crippen MR) is 75.5 cm³/mol. The molecule has 0 saturated heterocycles. The summed E-state index contributed by atoms with van der Waals surface area (Å²) in [6, 6.07) is 1.53. The zero-order chi connectivity index (χ0) is 15.8. The molecule has 0 aromatic heterocycles. The van der Waals surface area contributed by atoms with E-state index in [-0.39, 0.29) is 17.0 Å².